The summed E-state index contributed by atoms with van der Waals surface area (Å²) < 4.78 is 39.6. The van der Waals surface area contributed by atoms with Crippen molar-refractivity contribution in [3.8, 4) is 0 Å². The van der Waals surface area contributed by atoms with E-state index in [4.69, 9.17) is 4.89 Å². The highest BCUT2D eigenvalue weighted by Crippen LogP contribution is 2.62. The van der Waals surface area contributed by atoms with Gasteiger partial charge in [-0.1, -0.05) is 6.92 Å². The van der Waals surface area contributed by atoms with Crippen LogP contribution in [0.5, 0.6) is 0 Å². The van der Waals surface area contributed by atoms with Gasteiger partial charge in [0.15, 0.2) is 0 Å². The van der Waals surface area contributed by atoms with Gasteiger partial charge in [-0.05, 0) is 6.42 Å². The van der Waals surface area contributed by atoms with Gasteiger partial charge in [0.1, 0.15) is 0 Å². The third-order valence-corrected chi connectivity index (χ3v) is 4.14. The van der Waals surface area contributed by atoms with Gasteiger partial charge < -0.3 is 4.89 Å². The zero-order valence-corrected chi connectivity index (χ0v) is 9.99. The summed E-state index contributed by atoms with van der Waals surface area (Å²) in [6.07, 6.45) is 0.526. The Hall–Kier alpha value is 0.260. The second kappa shape index (κ2) is 5.98. The van der Waals surface area contributed by atoms with Gasteiger partial charge in [0.2, 0.25) is 0 Å². The minimum absolute atomic E-state index is 0.0151. The maximum atomic E-state index is 11.3. The van der Waals surface area contributed by atoms with Crippen molar-refractivity contribution in [2.45, 2.75) is 13.3 Å². The highest BCUT2D eigenvalue weighted by Gasteiger charge is 2.36. The SMILES string of the molecule is CCCOP(=O)(O)OP(=O)(OC)OC. The van der Waals surface area contributed by atoms with Gasteiger partial charge in [-0.3, -0.25) is 13.6 Å². The lowest BCUT2D eigenvalue weighted by Gasteiger charge is -2.16. The summed E-state index contributed by atoms with van der Waals surface area (Å²) in [5.41, 5.74) is 0. The van der Waals surface area contributed by atoms with Crippen molar-refractivity contribution in [3.63, 3.8) is 0 Å². The van der Waals surface area contributed by atoms with Crippen LogP contribution >= 0.6 is 15.6 Å². The van der Waals surface area contributed by atoms with Crippen LogP contribution in [0.3, 0.4) is 0 Å². The van der Waals surface area contributed by atoms with E-state index in [-0.39, 0.29) is 6.61 Å². The molecule has 0 saturated carbocycles. The zero-order valence-electron chi connectivity index (χ0n) is 8.21. The van der Waals surface area contributed by atoms with Crippen LogP contribution in [-0.4, -0.2) is 25.7 Å². The van der Waals surface area contributed by atoms with Gasteiger partial charge in [0, 0.05) is 14.2 Å². The summed E-state index contributed by atoms with van der Waals surface area (Å²) in [4.78, 5) is 9.02. The molecular formula is C5H14O7P2. The van der Waals surface area contributed by atoms with Crippen LogP contribution in [0.4, 0.5) is 0 Å². The molecule has 9 heteroatoms. The maximum absolute atomic E-state index is 11.3. The van der Waals surface area contributed by atoms with Crippen LogP contribution in [0, 0.1) is 0 Å². The molecule has 0 bridgehead atoms. The largest absolute Gasteiger partial charge is 0.483 e. The molecule has 0 heterocycles. The highest BCUT2D eigenvalue weighted by molar-refractivity contribution is 7.61. The van der Waals surface area contributed by atoms with Crippen LogP contribution in [0.1, 0.15) is 13.3 Å². The molecule has 0 fully saturated rings. The van der Waals surface area contributed by atoms with Crippen molar-refractivity contribution in [2.75, 3.05) is 20.8 Å². The molecule has 0 aliphatic rings. The molecule has 0 aromatic rings. The Morgan fingerprint density at radius 1 is 1.21 bits per heavy atom. The van der Waals surface area contributed by atoms with E-state index in [1.165, 1.54) is 0 Å². The van der Waals surface area contributed by atoms with E-state index in [1.54, 1.807) is 6.92 Å². The van der Waals surface area contributed by atoms with Gasteiger partial charge in [-0.25, -0.2) is 9.13 Å². The topological polar surface area (TPSA) is 91.3 Å². The highest BCUT2D eigenvalue weighted by atomic mass is 31.3. The molecule has 1 N–H and O–H groups in total. The second-order valence-corrected chi connectivity index (χ2v) is 5.67. The number of phosphoric ester groups is 2. The molecule has 0 aliphatic heterocycles. The lowest BCUT2D eigenvalue weighted by molar-refractivity contribution is 0.156. The summed E-state index contributed by atoms with van der Waals surface area (Å²) in [5.74, 6) is 0. The monoisotopic (exact) mass is 248 g/mol. The number of hydrogen-bond donors (Lipinski definition) is 1. The van der Waals surface area contributed by atoms with Crippen molar-refractivity contribution in [3.05, 3.63) is 0 Å². The number of phosphoric acid groups is 2. The summed E-state index contributed by atoms with van der Waals surface area (Å²) in [7, 11) is -6.29. The van der Waals surface area contributed by atoms with Crippen LogP contribution in [0.25, 0.3) is 0 Å². The van der Waals surface area contributed by atoms with Gasteiger partial charge in [-0.15, -0.1) is 0 Å². The fraction of sp³-hybridized carbons (Fsp3) is 1.00. The number of hydrogen-bond acceptors (Lipinski definition) is 6. The van der Waals surface area contributed by atoms with Crippen LogP contribution in [0.15, 0.2) is 0 Å². The van der Waals surface area contributed by atoms with Crippen molar-refractivity contribution in [1.29, 1.82) is 0 Å². The first-order valence-corrected chi connectivity index (χ1v) is 6.75. The minimum atomic E-state index is -4.38. The van der Waals surface area contributed by atoms with E-state index in [2.05, 4.69) is 17.9 Å². The normalized spacial score (nSPS) is 16.6. The van der Waals surface area contributed by atoms with Crippen molar-refractivity contribution < 1.29 is 31.9 Å². The van der Waals surface area contributed by atoms with Gasteiger partial charge in [0.05, 0.1) is 6.61 Å². The lowest BCUT2D eigenvalue weighted by Crippen LogP contribution is -1.97. The van der Waals surface area contributed by atoms with Gasteiger partial charge in [-0.2, -0.15) is 4.31 Å². The molecule has 14 heavy (non-hydrogen) atoms. The number of rotatable bonds is 7. The molecule has 86 valence electrons. The Morgan fingerprint density at radius 2 is 1.71 bits per heavy atom. The average Bonchev–Trinajstić information content (AvgIpc) is 2.14. The minimum Gasteiger partial charge on any atom is -0.302 e. The van der Waals surface area contributed by atoms with E-state index in [0.717, 1.165) is 14.2 Å². The average molecular weight is 248 g/mol. The third-order valence-electron chi connectivity index (χ3n) is 1.11. The molecule has 1 atom stereocenters. The maximum Gasteiger partial charge on any atom is 0.483 e. The van der Waals surface area contributed by atoms with E-state index in [0.29, 0.717) is 6.42 Å². The van der Waals surface area contributed by atoms with E-state index in [9.17, 15) is 9.13 Å². The third kappa shape index (κ3) is 5.22. The van der Waals surface area contributed by atoms with Crippen molar-refractivity contribution in [1.82, 2.24) is 0 Å². The van der Waals surface area contributed by atoms with Gasteiger partial charge in [0.25, 0.3) is 0 Å². The Balaban J connectivity index is 4.33. The lowest BCUT2D eigenvalue weighted by atomic mass is 10.5. The molecule has 0 saturated heterocycles. The van der Waals surface area contributed by atoms with Crippen molar-refractivity contribution >= 4 is 15.6 Å². The first-order chi connectivity index (χ1) is 6.39. The second-order valence-electron chi connectivity index (χ2n) is 2.20. The molecule has 0 rings (SSSR count). The Bertz CT molecular complexity index is 244. The molecule has 1 unspecified atom stereocenters. The fourth-order valence-corrected chi connectivity index (χ4v) is 2.79. The predicted octanol–water partition coefficient (Wildman–Crippen LogP) is 1.93. The van der Waals surface area contributed by atoms with E-state index in [1.807, 2.05) is 0 Å². The first-order valence-electron chi connectivity index (χ1n) is 3.79. The molecule has 0 aromatic heterocycles. The first kappa shape index (κ1) is 14.3. The summed E-state index contributed by atoms with van der Waals surface area (Å²) >= 11 is 0. The molecule has 0 radical (unpaired) electrons. The molecule has 0 amide bonds. The van der Waals surface area contributed by atoms with Crippen LogP contribution < -0.4 is 0 Å². The Morgan fingerprint density at radius 3 is 2.07 bits per heavy atom. The van der Waals surface area contributed by atoms with Crippen LogP contribution in [-0.2, 0) is 27.0 Å². The smallest absolute Gasteiger partial charge is 0.302 e. The van der Waals surface area contributed by atoms with Crippen molar-refractivity contribution in [2.24, 2.45) is 0 Å². The fourth-order valence-electron chi connectivity index (χ4n) is 0.498. The quantitative estimate of drug-likeness (QED) is 0.688. The summed E-state index contributed by atoms with van der Waals surface area (Å²) in [6, 6.07) is 0. The van der Waals surface area contributed by atoms with E-state index >= 15 is 0 Å². The van der Waals surface area contributed by atoms with Crippen LogP contribution in [0.2, 0.25) is 0 Å². The zero-order chi connectivity index (χ0) is 11.2. The Kier molecular flexibility index (Phi) is 6.09. The summed E-state index contributed by atoms with van der Waals surface area (Å²) in [5, 5.41) is 0. The molecular weight excluding hydrogens is 234 g/mol. The summed E-state index contributed by atoms with van der Waals surface area (Å²) in [6.45, 7) is 1.76. The molecule has 0 aliphatic carbocycles. The van der Waals surface area contributed by atoms with Gasteiger partial charge >= 0.3 is 15.6 Å². The molecule has 0 spiro atoms. The Labute approximate surface area is 82.5 Å². The predicted molar refractivity (Wildman–Crippen MR) is 48.8 cm³/mol. The van der Waals surface area contributed by atoms with E-state index < -0.39 is 15.6 Å². The molecule has 0 aromatic carbocycles. The standard InChI is InChI=1S/C5H14O7P2/c1-4-5-11-13(6,7)12-14(8,9-2)10-3/h4-5H2,1-3H3,(H,6,7). The molecule has 7 nitrogen and oxygen atoms in total.